The molecule has 0 fully saturated rings. The lowest BCUT2D eigenvalue weighted by molar-refractivity contribution is -0.122. The van der Waals surface area contributed by atoms with Crippen LogP contribution in [0.15, 0.2) is 30.3 Å². The summed E-state index contributed by atoms with van der Waals surface area (Å²) in [5.74, 6) is -0.0888. The molecule has 1 aromatic heterocycles. The van der Waals surface area contributed by atoms with Crippen LogP contribution in [0.5, 0.6) is 0 Å². The second-order valence-corrected chi connectivity index (χ2v) is 6.22. The molecule has 0 aliphatic carbocycles. The molecule has 5 heteroatoms. The Kier molecular flexibility index (Phi) is 5.47. The summed E-state index contributed by atoms with van der Waals surface area (Å²) in [5.41, 5.74) is 7.84. The molecule has 0 saturated carbocycles. The van der Waals surface area contributed by atoms with Gasteiger partial charge in [0.25, 0.3) is 0 Å². The van der Waals surface area contributed by atoms with Crippen LogP contribution in [0.2, 0.25) is 0 Å². The van der Waals surface area contributed by atoms with Crippen molar-refractivity contribution in [2.45, 2.75) is 32.7 Å². The predicted octanol–water partition coefficient (Wildman–Crippen LogP) is 2.51. The van der Waals surface area contributed by atoms with Gasteiger partial charge in [0.05, 0.1) is 16.7 Å². The molecule has 0 spiro atoms. The molecule has 21 heavy (non-hydrogen) atoms. The van der Waals surface area contributed by atoms with E-state index >= 15 is 0 Å². The van der Waals surface area contributed by atoms with Gasteiger partial charge in [0.15, 0.2) is 0 Å². The predicted molar refractivity (Wildman–Crippen MR) is 87.3 cm³/mol. The lowest BCUT2D eigenvalue weighted by Crippen LogP contribution is -2.40. The lowest BCUT2D eigenvalue weighted by Gasteiger charge is -2.08. The summed E-state index contributed by atoms with van der Waals surface area (Å²) in [5, 5.41) is 3.89. The minimum Gasteiger partial charge on any atom is -0.354 e. The Morgan fingerprint density at radius 2 is 2.10 bits per heavy atom. The molecular weight excluding hydrogens is 282 g/mol. The third kappa shape index (κ3) is 4.12. The molecule has 1 heterocycles. The van der Waals surface area contributed by atoms with E-state index in [4.69, 9.17) is 5.73 Å². The SMILES string of the molecule is CC[C@H](N)C(=O)NCCc1nc(-c2ccccc2)c(C)s1. The lowest BCUT2D eigenvalue weighted by atomic mass is 10.1. The van der Waals surface area contributed by atoms with Crippen LogP contribution in [0.1, 0.15) is 23.2 Å². The fourth-order valence-electron chi connectivity index (χ4n) is 2.03. The van der Waals surface area contributed by atoms with Crippen molar-refractivity contribution in [3.05, 3.63) is 40.2 Å². The van der Waals surface area contributed by atoms with Crippen molar-refractivity contribution in [2.24, 2.45) is 5.73 Å². The monoisotopic (exact) mass is 303 g/mol. The van der Waals surface area contributed by atoms with Gasteiger partial charge in [0, 0.05) is 23.4 Å². The number of nitrogens with zero attached hydrogens (tertiary/aromatic N) is 1. The van der Waals surface area contributed by atoms with Crippen molar-refractivity contribution in [3.8, 4) is 11.3 Å². The van der Waals surface area contributed by atoms with E-state index in [9.17, 15) is 4.79 Å². The minimum atomic E-state index is -0.414. The minimum absolute atomic E-state index is 0.0888. The summed E-state index contributed by atoms with van der Waals surface area (Å²) in [6.07, 6.45) is 1.39. The molecule has 3 N–H and O–H groups in total. The summed E-state index contributed by atoms with van der Waals surface area (Å²) in [7, 11) is 0. The first kappa shape index (κ1) is 15.7. The van der Waals surface area contributed by atoms with Gasteiger partial charge in [-0.1, -0.05) is 37.3 Å². The number of aromatic nitrogens is 1. The molecule has 0 radical (unpaired) electrons. The number of hydrogen-bond donors (Lipinski definition) is 2. The highest BCUT2D eigenvalue weighted by Crippen LogP contribution is 2.27. The van der Waals surface area contributed by atoms with Crippen LogP contribution in [-0.2, 0) is 11.2 Å². The van der Waals surface area contributed by atoms with Crippen LogP contribution in [0.4, 0.5) is 0 Å². The van der Waals surface area contributed by atoms with E-state index in [0.29, 0.717) is 13.0 Å². The van der Waals surface area contributed by atoms with Crippen LogP contribution >= 0.6 is 11.3 Å². The molecule has 2 aromatic rings. The fourth-order valence-corrected chi connectivity index (χ4v) is 2.99. The molecule has 1 amide bonds. The van der Waals surface area contributed by atoms with Crippen molar-refractivity contribution in [1.29, 1.82) is 0 Å². The van der Waals surface area contributed by atoms with Crippen LogP contribution in [0.3, 0.4) is 0 Å². The molecular formula is C16H21N3OS. The molecule has 0 saturated heterocycles. The number of carbonyl (C=O) groups excluding carboxylic acids is 1. The van der Waals surface area contributed by atoms with E-state index < -0.39 is 6.04 Å². The molecule has 0 bridgehead atoms. The Hall–Kier alpha value is -1.72. The Bertz CT molecular complexity index is 595. The molecule has 1 aromatic carbocycles. The third-order valence-corrected chi connectivity index (χ3v) is 4.33. The van der Waals surface area contributed by atoms with Gasteiger partial charge in [-0.05, 0) is 13.3 Å². The second-order valence-electron chi connectivity index (χ2n) is 4.93. The number of hydrogen-bond acceptors (Lipinski definition) is 4. The van der Waals surface area contributed by atoms with E-state index in [1.807, 2.05) is 25.1 Å². The summed E-state index contributed by atoms with van der Waals surface area (Å²) >= 11 is 1.68. The number of benzene rings is 1. The van der Waals surface area contributed by atoms with E-state index in [1.54, 1.807) is 11.3 Å². The van der Waals surface area contributed by atoms with Crippen LogP contribution in [0.25, 0.3) is 11.3 Å². The molecule has 112 valence electrons. The largest absolute Gasteiger partial charge is 0.354 e. The maximum absolute atomic E-state index is 11.6. The maximum Gasteiger partial charge on any atom is 0.236 e. The summed E-state index contributed by atoms with van der Waals surface area (Å²) < 4.78 is 0. The number of nitrogens with one attached hydrogen (secondary N) is 1. The quantitative estimate of drug-likeness (QED) is 0.861. The van der Waals surface area contributed by atoms with Crippen LogP contribution in [-0.4, -0.2) is 23.5 Å². The topological polar surface area (TPSA) is 68.0 Å². The fraction of sp³-hybridized carbons (Fsp3) is 0.375. The first-order valence-corrected chi connectivity index (χ1v) is 7.98. The summed E-state index contributed by atoms with van der Waals surface area (Å²) in [6, 6.07) is 9.74. The zero-order valence-corrected chi connectivity index (χ0v) is 13.2. The van der Waals surface area contributed by atoms with Gasteiger partial charge in [0.1, 0.15) is 0 Å². The third-order valence-electron chi connectivity index (χ3n) is 3.30. The normalized spacial score (nSPS) is 12.1. The van der Waals surface area contributed by atoms with Crippen molar-refractivity contribution >= 4 is 17.2 Å². The van der Waals surface area contributed by atoms with Crippen LogP contribution < -0.4 is 11.1 Å². The molecule has 0 unspecified atom stereocenters. The van der Waals surface area contributed by atoms with Crippen molar-refractivity contribution in [1.82, 2.24) is 10.3 Å². The van der Waals surface area contributed by atoms with E-state index in [2.05, 4.69) is 29.4 Å². The van der Waals surface area contributed by atoms with Crippen molar-refractivity contribution in [2.75, 3.05) is 6.54 Å². The number of aryl methyl sites for hydroxylation is 1. The van der Waals surface area contributed by atoms with E-state index in [0.717, 1.165) is 22.7 Å². The van der Waals surface area contributed by atoms with Crippen LogP contribution in [0, 0.1) is 6.92 Å². The Labute approximate surface area is 129 Å². The van der Waals surface area contributed by atoms with Gasteiger partial charge in [-0.15, -0.1) is 11.3 Å². The van der Waals surface area contributed by atoms with Gasteiger partial charge in [-0.3, -0.25) is 4.79 Å². The van der Waals surface area contributed by atoms with E-state index in [1.165, 1.54) is 4.88 Å². The molecule has 0 aliphatic heterocycles. The highest BCUT2D eigenvalue weighted by molar-refractivity contribution is 7.12. The zero-order chi connectivity index (χ0) is 15.2. The van der Waals surface area contributed by atoms with Gasteiger partial charge in [-0.25, -0.2) is 4.98 Å². The second kappa shape index (κ2) is 7.33. The first-order valence-electron chi connectivity index (χ1n) is 7.16. The van der Waals surface area contributed by atoms with Gasteiger partial charge >= 0.3 is 0 Å². The summed E-state index contributed by atoms with van der Waals surface area (Å²) in [6.45, 7) is 4.56. The molecule has 0 aliphatic rings. The van der Waals surface area contributed by atoms with Gasteiger partial charge in [-0.2, -0.15) is 0 Å². The smallest absolute Gasteiger partial charge is 0.236 e. The molecule has 4 nitrogen and oxygen atoms in total. The average Bonchev–Trinajstić information content (AvgIpc) is 2.88. The zero-order valence-electron chi connectivity index (χ0n) is 12.4. The summed E-state index contributed by atoms with van der Waals surface area (Å²) in [4.78, 5) is 17.5. The van der Waals surface area contributed by atoms with Gasteiger partial charge < -0.3 is 11.1 Å². The highest BCUT2D eigenvalue weighted by atomic mass is 32.1. The Morgan fingerprint density at radius 1 is 1.38 bits per heavy atom. The molecule has 2 rings (SSSR count). The number of amides is 1. The van der Waals surface area contributed by atoms with Gasteiger partial charge in [0.2, 0.25) is 5.91 Å². The first-order chi connectivity index (χ1) is 10.1. The molecule has 1 atom stereocenters. The van der Waals surface area contributed by atoms with E-state index in [-0.39, 0.29) is 5.91 Å². The highest BCUT2D eigenvalue weighted by Gasteiger charge is 2.12. The standard InChI is InChI=1S/C16H21N3OS/c1-3-13(17)16(20)18-10-9-14-19-15(11(2)21-14)12-7-5-4-6-8-12/h4-8,13H,3,9-10,17H2,1-2H3,(H,18,20)/t13-/m0/s1. The maximum atomic E-state index is 11.6. The number of thiazole rings is 1. The Balaban J connectivity index is 1.96. The average molecular weight is 303 g/mol. The number of rotatable bonds is 6. The Morgan fingerprint density at radius 3 is 2.76 bits per heavy atom. The number of nitrogens with two attached hydrogens (primary N) is 1. The van der Waals surface area contributed by atoms with Crippen molar-refractivity contribution < 1.29 is 4.79 Å². The number of carbonyl (C=O) groups is 1. The van der Waals surface area contributed by atoms with Crippen molar-refractivity contribution in [3.63, 3.8) is 0 Å².